The number of aryl methyl sites for hydroxylation is 1. The summed E-state index contributed by atoms with van der Waals surface area (Å²) in [5, 5.41) is 7.70. The number of nitrogens with one attached hydrogen (secondary N) is 1. The first kappa shape index (κ1) is 11.9. The van der Waals surface area contributed by atoms with Crippen molar-refractivity contribution < 1.29 is 0 Å². The summed E-state index contributed by atoms with van der Waals surface area (Å²) in [7, 11) is 1.95. The molecule has 0 bridgehead atoms. The van der Waals surface area contributed by atoms with Crippen molar-refractivity contribution in [2.75, 3.05) is 0 Å². The lowest BCUT2D eigenvalue weighted by Crippen LogP contribution is -2.27. The maximum Gasteiger partial charge on any atom is 0.0522 e. The number of rotatable bonds is 5. The molecule has 0 saturated carbocycles. The first-order valence-electron chi connectivity index (χ1n) is 5.99. The predicted octanol–water partition coefficient (Wildman–Crippen LogP) is 2.14. The Bertz CT molecular complexity index is 448. The Hall–Kier alpha value is -1.61. The zero-order valence-corrected chi connectivity index (χ0v) is 10.4. The molecule has 17 heavy (non-hydrogen) atoms. The van der Waals surface area contributed by atoms with Gasteiger partial charge in [-0.3, -0.25) is 4.68 Å². The van der Waals surface area contributed by atoms with Crippen LogP contribution in [-0.2, 0) is 20.0 Å². The second-order valence-electron chi connectivity index (χ2n) is 4.49. The minimum Gasteiger partial charge on any atom is -0.310 e. The van der Waals surface area contributed by atoms with Crippen LogP contribution in [0.5, 0.6) is 0 Å². The highest BCUT2D eigenvalue weighted by Crippen LogP contribution is 2.03. The van der Waals surface area contributed by atoms with Gasteiger partial charge in [0.05, 0.1) is 6.20 Å². The van der Waals surface area contributed by atoms with E-state index in [1.165, 1.54) is 11.1 Å². The van der Waals surface area contributed by atoms with E-state index >= 15 is 0 Å². The number of hydrogen-bond donors (Lipinski definition) is 1. The van der Waals surface area contributed by atoms with E-state index in [2.05, 4.69) is 47.8 Å². The molecule has 0 saturated heterocycles. The lowest BCUT2D eigenvalue weighted by Gasteiger charge is -2.12. The molecule has 1 heterocycles. The first-order valence-corrected chi connectivity index (χ1v) is 5.99. The van der Waals surface area contributed by atoms with Gasteiger partial charge in [-0.15, -0.1) is 0 Å². The van der Waals surface area contributed by atoms with Crippen molar-refractivity contribution in [2.45, 2.75) is 25.9 Å². The molecule has 1 aromatic heterocycles. The van der Waals surface area contributed by atoms with Crippen molar-refractivity contribution >= 4 is 0 Å². The average Bonchev–Trinajstić information content (AvgIpc) is 2.73. The Kier molecular flexibility index (Phi) is 3.94. The van der Waals surface area contributed by atoms with Crippen LogP contribution >= 0.6 is 0 Å². The minimum absolute atomic E-state index is 0.458. The van der Waals surface area contributed by atoms with Crippen molar-refractivity contribution in [2.24, 2.45) is 7.05 Å². The van der Waals surface area contributed by atoms with Crippen molar-refractivity contribution in [3.63, 3.8) is 0 Å². The second-order valence-corrected chi connectivity index (χ2v) is 4.49. The van der Waals surface area contributed by atoms with Crippen molar-refractivity contribution in [1.82, 2.24) is 15.1 Å². The van der Waals surface area contributed by atoms with Gasteiger partial charge in [0.25, 0.3) is 0 Å². The SMILES string of the molecule is CC(Cc1cnn(C)c1)NCc1ccccc1. The molecule has 1 unspecified atom stereocenters. The fraction of sp³-hybridized carbons (Fsp3) is 0.357. The molecular formula is C14H19N3. The molecular weight excluding hydrogens is 210 g/mol. The molecule has 0 fully saturated rings. The molecule has 0 aliphatic heterocycles. The Balaban J connectivity index is 1.80. The van der Waals surface area contributed by atoms with E-state index in [9.17, 15) is 0 Å². The van der Waals surface area contributed by atoms with E-state index < -0.39 is 0 Å². The average molecular weight is 229 g/mol. The first-order chi connectivity index (χ1) is 8.24. The Morgan fingerprint density at radius 2 is 2.00 bits per heavy atom. The molecule has 0 amide bonds. The quantitative estimate of drug-likeness (QED) is 0.851. The van der Waals surface area contributed by atoms with Crippen molar-refractivity contribution in [3.8, 4) is 0 Å². The second kappa shape index (κ2) is 5.64. The molecule has 1 aromatic carbocycles. The van der Waals surface area contributed by atoms with Gasteiger partial charge < -0.3 is 5.32 Å². The standard InChI is InChI=1S/C14H19N3/c1-12(8-14-10-16-17(2)11-14)15-9-13-6-4-3-5-7-13/h3-7,10-12,15H,8-9H2,1-2H3. The van der Waals surface area contributed by atoms with Crippen LogP contribution in [0.15, 0.2) is 42.7 Å². The highest BCUT2D eigenvalue weighted by molar-refractivity contribution is 5.14. The van der Waals surface area contributed by atoms with Crippen LogP contribution in [0.3, 0.4) is 0 Å². The van der Waals surface area contributed by atoms with Crippen LogP contribution in [0.2, 0.25) is 0 Å². The molecule has 1 atom stereocenters. The molecule has 0 radical (unpaired) electrons. The van der Waals surface area contributed by atoms with Crippen LogP contribution < -0.4 is 5.32 Å². The van der Waals surface area contributed by atoms with Gasteiger partial charge in [0.1, 0.15) is 0 Å². The number of nitrogens with zero attached hydrogens (tertiary/aromatic N) is 2. The number of hydrogen-bond acceptors (Lipinski definition) is 2. The van der Waals surface area contributed by atoms with Crippen LogP contribution in [0.1, 0.15) is 18.1 Å². The van der Waals surface area contributed by atoms with E-state index in [1.807, 2.05) is 24.0 Å². The smallest absolute Gasteiger partial charge is 0.0522 e. The minimum atomic E-state index is 0.458. The van der Waals surface area contributed by atoms with E-state index in [-0.39, 0.29) is 0 Å². The summed E-state index contributed by atoms with van der Waals surface area (Å²) in [6, 6.07) is 10.9. The maximum absolute atomic E-state index is 4.18. The van der Waals surface area contributed by atoms with Crippen molar-refractivity contribution in [3.05, 3.63) is 53.9 Å². The van der Waals surface area contributed by atoms with Gasteiger partial charge in [-0.1, -0.05) is 30.3 Å². The normalized spacial score (nSPS) is 12.6. The molecule has 0 spiro atoms. The third-order valence-electron chi connectivity index (χ3n) is 2.80. The monoisotopic (exact) mass is 229 g/mol. The third kappa shape index (κ3) is 3.71. The highest BCUT2D eigenvalue weighted by atomic mass is 15.2. The molecule has 2 aromatic rings. The lowest BCUT2D eigenvalue weighted by atomic mass is 10.1. The topological polar surface area (TPSA) is 29.9 Å². The Labute approximate surface area is 102 Å². The van der Waals surface area contributed by atoms with Gasteiger partial charge in [-0.25, -0.2) is 0 Å². The maximum atomic E-state index is 4.18. The Morgan fingerprint density at radius 1 is 1.24 bits per heavy atom. The summed E-state index contributed by atoms with van der Waals surface area (Å²) in [5.41, 5.74) is 2.60. The summed E-state index contributed by atoms with van der Waals surface area (Å²) in [6.45, 7) is 3.12. The fourth-order valence-electron chi connectivity index (χ4n) is 1.89. The van der Waals surface area contributed by atoms with Gasteiger partial charge in [-0.2, -0.15) is 5.10 Å². The van der Waals surface area contributed by atoms with Crippen LogP contribution in [-0.4, -0.2) is 15.8 Å². The van der Waals surface area contributed by atoms with Gasteiger partial charge >= 0.3 is 0 Å². The molecule has 0 aliphatic carbocycles. The van der Waals surface area contributed by atoms with Gasteiger partial charge in [0.2, 0.25) is 0 Å². The molecule has 90 valence electrons. The highest BCUT2D eigenvalue weighted by Gasteiger charge is 2.04. The van der Waals surface area contributed by atoms with E-state index in [1.54, 1.807) is 0 Å². The van der Waals surface area contributed by atoms with E-state index in [0.29, 0.717) is 6.04 Å². The van der Waals surface area contributed by atoms with E-state index in [4.69, 9.17) is 0 Å². The summed E-state index contributed by atoms with van der Waals surface area (Å²) in [4.78, 5) is 0. The van der Waals surface area contributed by atoms with Gasteiger partial charge in [-0.05, 0) is 24.5 Å². The van der Waals surface area contributed by atoms with Gasteiger partial charge in [0.15, 0.2) is 0 Å². The van der Waals surface area contributed by atoms with Gasteiger partial charge in [0, 0.05) is 25.8 Å². The lowest BCUT2D eigenvalue weighted by molar-refractivity contribution is 0.545. The van der Waals surface area contributed by atoms with Crippen LogP contribution in [0.4, 0.5) is 0 Å². The summed E-state index contributed by atoms with van der Waals surface area (Å²) >= 11 is 0. The summed E-state index contributed by atoms with van der Waals surface area (Å²) in [6.07, 6.45) is 5.02. The van der Waals surface area contributed by atoms with Crippen LogP contribution in [0.25, 0.3) is 0 Å². The zero-order chi connectivity index (χ0) is 12.1. The number of benzene rings is 1. The van der Waals surface area contributed by atoms with Crippen molar-refractivity contribution in [1.29, 1.82) is 0 Å². The molecule has 3 nitrogen and oxygen atoms in total. The third-order valence-corrected chi connectivity index (χ3v) is 2.80. The molecule has 2 rings (SSSR count). The zero-order valence-electron chi connectivity index (χ0n) is 10.4. The summed E-state index contributed by atoms with van der Waals surface area (Å²) < 4.78 is 1.85. The predicted molar refractivity (Wildman–Crippen MR) is 69.7 cm³/mol. The van der Waals surface area contributed by atoms with Crippen LogP contribution in [0, 0.1) is 0 Å². The molecule has 1 N–H and O–H groups in total. The fourth-order valence-corrected chi connectivity index (χ4v) is 1.89. The largest absolute Gasteiger partial charge is 0.310 e. The summed E-state index contributed by atoms with van der Waals surface area (Å²) in [5.74, 6) is 0. The van der Waals surface area contributed by atoms with E-state index in [0.717, 1.165) is 13.0 Å². The Morgan fingerprint density at radius 3 is 2.65 bits per heavy atom. The molecule has 3 heteroatoms. The number of aromatic nitrogens is 2. The molecule has 0 aliphatic rings.